The Morgan fingerprint density at radius 3 is 2.13 bits per heavy atom. The summed E-state index contributed by atoms with van der Waals surface area (Å²) in [5.74, 6) is 0.0633. The van der Waals surface area contributed by atoms with Crippen LogP contribution in [-0.4, -0.2) is 11.7 Å². The molecule has 23 heavy (non-hydrogen) atoms. The Balaban J connectivity index is 2.19. The van der Waals surface area contributed by atoms with E-state index in [1.165, 1.54) is 6.92 Å². The van der Waals surface area contributed by atoms with Gasteiger partial charge in [-0.15, -0.1) is 0 Å². The maximum Gasteiger partial charge on any atom is 0.232 e. The zero-order valence-electron chi connectivity index (χ0n) is 13.9. The van der Waals surface area contributed by atoms with Crippen LogP contribution in [0, 0.1) is 5.92 Å². The molecule has 1 N–H and O–H groups in total. The van der Waals surface area contributed by atoms with Gasteiger partial charge in [0, 0.05) is 11.3 Å². The topological polar surface area (TPSA) is 46.2 Å². The number of hydrogen-bond acceptors (Lipinski definition) is 2. The summed E-state index contributed by atoms with van der Waals surface area (Å²) in [6, 6.07) is 16.9. The van der Waals surface area contributed by atoms with Crippen LogP contribution in [0.25, 0.3) is 0 Å². The molecule has 0 saturated heterocycles. The number of benzene rings is 2. The molecule has 0 bridgehead atoms. The number of amides is 1. The van der Waals surface area contributed by atoms with Crippen molar-refractivity contribution in [3.63, 3.8) is 0 Å². The summed E-state index contributed by atoms with van der Waals surface area (Å²) in [5, 5.41) is 2.97. The predicted octanol–water partition coefficient (Wildman–Crippen LogP) is 4.66. The van der Waals surface area contributed by atoms with Crippen molar-refractivity contribution in [1.82, 2.24) is 0 Å². The molecule has 0 spiro atoms. The highest BCUT2D eigenvalue weighted by atomic mass is 16.2. The zero-order chi connectivity index (χ0) is 16.8. The lowest BCUT2D eigenvalue weighted by atomic mass is 9.85. The van der Waals surface area contributed by atoms with Gasteiger partial charge < -0.3 is 5.32 Å². The molecule has 0 fully saturated rings. The largest absolute Gasteiger partial charge is 0.326 e. The van der Waals surface area contributed by atoms with Crippen molar-refractivity contribution in [3.8, 4) is 0 Å². The van der Waals surface area contributed by atoms with E-state index in [4.69, 9.17) is 0 Å². The number of carbonyl (C=O) groups excluding carboxylic acids is 2. The Kier molecular flexibility index (Phi) is 5.69. The van der Waals surface area contributed by atoms with Gasteiger partial charge in [-0.1, -0.05) is 50.6 Å². The van der Waals surface area contributed by atoms with Gasteiger partial charge in [-0.3, -0.25) is 9.59 Å². The lowest BCUT2D eigenvalue weighted by molar-refractivity contribution is -0.118. The molecule has 2 aromatic carbocycles. The molecule has 3 nitrogen and oxygen atoms in total. The lowest BCUT2D eigenvalue weighted by Crippen LogP contribution is -2.26. The molecule has 0 aliphatic rings. The Morgan fingerprint density at radius 2 is 1.61 bits per heavy atom. The average Bonchev–Trinajstić information content (AvgIpc) is 2.56. The first kappa shape index (κ1) is 16.9. The van der Waals surface area contributed by atoms with E-state index in [1.54, 1.807) is 24.3 Å². The SMILES string of the molecule is CC[C@@H](C)[C@H](C(=O)Nc1ccc(C(C)=O)cc1)c1ccccc1. The third-order valence-corrected chi connectivity index (χ3v) is 4.21. The summed E-state index contributed by atoms with van der Waals surface area (Å²) in [6.45, 7) is 5.72. The van der Waals surface area contributed by atoms with E-state index in [1.807, 2.05) is 30.3 Å². The Bertz CT molecular complexity index is 662. The second-order valence-electron chi connectivity index (χ2n) is 5.90. The molecule has 3 heteroatoms. The lowest BCUT2D eigenvalue weighted by Gasteiger charge is -2.22. The van der Waals surface area contributed by atoms with Crippen molar-refractivity contribution < 1.29 is 9.59 Å². The molecular weight excluding hydrogens is 286 g/mol. The van der Waals surface area contributed by atoms with Crippen LogP contribution in [0.15, 0.2) is 54.6 Å². The Labute approximate surface area is 137 Å². The number of anilines is 1. The van der Waals surface area contributed by atoms with Gasteiger partial charge in [-0.2, -0.15) is 0 Å². The van der Waals surface area contributed by atoms with Crippen LogP contribution in [0.2, 0.25) is 0 Å². The number of hydrogen-bond donors (Lipinski definition) is 1. The van der Waals surface area contributed by atoms with Crippen molar-refractivity contribution in [2.75, 3.05) is 5.32 Å². The van der Waals surface area contributed by atoms with Crippen LogP contribution in [0.5, 0.6) is 0 Å². The van der Waals surface area contributed by atoms with E-state index >= 15 is 0 Å². The minimum atomic E-state index is -0.186. The molecule has 120 valence electrons. The summed E-state index contributed by atoms with van der Waals surface area (Å²) in [5.41, 5.74) is 2.38. The number of Topliss-reactive ketones (excluding diaryl/α,β-unsaturated/α-hetero) is 1. The molecule has 2 rings (SSSR count). The molecular formula is C20H23NO2. The fraction of sp³-hybridized carbons (Fsp3) is 0.300. The summed E-state index contributed by atoms with van der Waals surface area (Å²) in [6.07, 6.45) is 0.927. The second-order valence-corrected chi connectivity index (χ2v) is 5.90. The third kappa shape index (κ3) is 4.28. The number of rotatable bonds is 6. The monoisotopic (exact) mass is 309 g/mol. The maximum absolute atomic E-state index is 12.8. The Hall–Kier alpha value is -2.42. The third-order valence-electron chi connectivity index (χ3n) is 4.21. The van der Waals surface area contributed by atoms with Crippen LogP contribution in [0.4, 0.5) is 5.69 Å². The van der Waals surface area contributed by atoms with Crippen molar-refractivity contribution in [2.24, 2.45) is 5.92 Å². The van der Waals surface area contributed by atoms with Gasteiger partial charge in [-0.05, 0) is 42.7 Å². The van der Waals surface area contributed by atoms with Crippen LogP contribution >= 0.6 is 0 Å². The molecule has 0 aliphatic heterocycles. The molecule has 0 saturated carbocycles. The first-order chi connectivity index (χ1) is 11.0. The summed E-state index contributed by atoms with van der Waals surface area (Å²) in [4.78, 5) is 24.1. The smallest absolute Gasteiger partial charge is 0.232 e. The van der Waals surface area contributed by atoms with E-state index in [9.17, 15) is 9.59 Å². The van der Waals surface area contributed by atoms with Crippen LogP contribution in [-0.2, 0) is 4.79 Å². The number of ketones is 1. The number of carbonyl (C=O) groups is 2. The highest BCUT2D eigenvalue weighted by molar-refractivity contribution is 5.97. The van der Waals surface area contributed by atoms with E-state index in [0.717, 1.165) is 12.0 Å². The summed E-state index contributed by atoms with van der Waals surface area (Å²) >= 11 is 0. The van der Waals surface area contributed by atoms with Gasteiger partial charge in [-0.25, -0.2) is 0 Å². The zero-order valence-corrected chi connectivity index (χ0v) is 13.9. The standard InChI is InChI=1S/C20H23NO2/c1-4-14(2)19(17-8-6-5-7-9-17)20(23)21-18-12-10-16(11-13-18)15(3)22/h5-14,19H,4H2,1-3H3,(H,21,23)/t14-,19+/m1/s1. The van der Waals surface area contributed by atoms with Gasteiger partial charge in [0.1, 0.15) is 0 Å². The highest BCUT2D eigenvalue weighted by Crippen LogP contribution is 2.28. The van der Waals surface area contributed by atoms with Crippen LogP contribution in [0.1, 0.15) is 49.0 Å². The molecule has 0 heterocycles. The molecule has 1 amide bonds. The summed E-state index contributed by atoms with van der Waals surface area (Å²) in [7, 11) is 0. The fourth-order valence-corrected chi connectivity index (χ4v) is 2.64. The van der Waals surface area contributed by atoms with Gasteiger partial charge in [0.25, 0.3) is 0 Å². The van der Waals surface area contributed by atoms with E-state index in [0.29, 0.717) is 11.3 Å². The fourth-order valence-electron chi connectivity index (χ4n) is 2.64. The highest BCUT2D eigenvalue weighted by Gasteiger charge is 2.25. The first-order valence-corrected chi connectivity index (χ1v) is 7.99. The molecule has 0 aromatic heterocycles. The molecule has 0 unspecified atom stereocenters. The normalized spacial score (nSPS) is 13.2. The average molecular weight is 309 g/mol. The minimum absolute atomic E-state index is 0.0128. The second kappa shape index (κ2) is 7.73. The molecule has 0 aliphatic carbocycles. The molecule has 0 radical (unpaired) electrons. The van der Waals surface area contributed by atoms with Crippen molar-refractivity contribution >= 4 is 17.4 Å². The van der Waals surface area contributed by atoms with Crippen molar-refractivity contribution in [1.29, 1.82) is 0 Å². The van der Waals surface area contributed by atoms with Crippen LogP contribution in [0.3, 0.4) is 0 Å². The van der Waals surface area contributed by atoms with Gasteiger partial charge >= 0.3 is 0 Å². The van der Waals surface area contributed by atoms with E-state index in [-0.39, 0.29) is 23.5 Å². The quantitative estimate of drug-likeness (QED) is 0.789. The summed E-state index contributed by atoms with van der Waals surface area (Å²) < 4.78 is 0. The van der Waals surface area contributed by atoms with Gasteiger partial charge in [0.15, 0.2) is 5.78 Å². The Morgan fingerprint density at radius 1 is 1.00 bits per heavy atom. The first-order valence-electron chi connectivity index (χ1n) is 7.99. The predicted molar refractivity (Wildman–Crippen MR) is 93.7 cm³/mol. The van der Waals surface area contributed by atoms with E-state index in [2.05, 4.69) is 19.2 Å². The van der Waals surface area contributed by atoms with Crippen molar-refractivity contribution in [2.45, 2.75) is 33.1 Å². The van der Waals surface area contributed by atoms with Crippen LogP contribution < -0.4 is 5.32 Å². The van der Waals surface area contributed by atoms with Gasteiger partial charge in [0.2, 0.25) is 5.91 Å². The number of nitrogens with one attached hydrogen (secondary N) is 1. The molecule has 2 atom stereocenters. The van der Waals surface area contributed by atoms with Gasteiger partial charge in [0.05, 0.1) is 5.92 Å². The van der Waals surface area contributed by atoms with Crippen molar-refractivity contribution in [3.05, 3.63) is 65.7 Å². The maximum atomic E-state index is 12.8. The van der Waals surface area contributed by atoms with E-state index < -0.39 is 0 Å². The molecule has 2 aromatic rings. The minimum Gasteiger partial charge on any atom is -0.326 e.